The maximum Gasteiger partial charge on any atom is 0.295 e. The van der Waals surface area contributed by atoms with Gasteiger partial charge in [0.1, 0.15) is 19.0 Å². The molecule has 0 radical (unpaired) electrons. The summed E-state index contributed by atoms with van der Waals surface area (Å²) in [6, 6.07) is 11.9. The van der Waals surface area contributed by atoms with E-state index < -0.39 is 17.7 Å². The number of Topliss-reactive ketones (excluding diaryl/α,β-unsaturated/α-hetero) is 1. The highest BCUT2D eigenvalue weighted by molar-refractivity contribution is 6.46. The highest BCUT2D eigenvalue weighted by Crippen LogP contribution is 2.41. The Bertz CT molecular complexity index is 1040. The van der Waals surface area contributed by atoms with Crippen LogP contribution in [-0.2, 0) is 14.3 Å². The van der Waals surface area contributed by atoms with Gasteiger partial charge in [0.25, 0.3) is 11.7 Å². The Kier molecular flexibility index (Phi) is 5.95. The van der Waals surface area contributed by atoms with Crippen LogP contribution >= 0.6 is 0 Å². The Hall–Kier alpha value is -3.32. The van der Waals surface area contributed by atoms with Crippen molar-refractivity contribution in [1.82, 2.24) is 4.90 Å². The Morgan fingerprint density at radius 2 is 1.87 bits per heavy atom. The summed E-state index contributed by atoms with van der Waals surface area (Å²) in [6.45, 7) is 3.60. The predicted molar refractivity (Wildman–Crippen MR) is 114 cm³/mol. The number of carbonyl (C=O) groups is 2. The number of methoxy groups -OCH3 is 1. The van der Waals surface area contributed by atoms with Crippen molar-refractivity contribution >= 4 is 17.4 Å². The summed E-state index contributed by atoms with van der Waals surface area (Å²) in [4.78, 5) is 27.5. The SMILES string of the molecule is COCCCN1C(=O)C(=O)/C(=C(/O)c2ccc3c(c2)OCCO3)C1c1ccccc1C. The third kappa shape index (κ3) is 3.88. The molecule has 1 amide bonds. The molecule has 162 valence electrons. The van der Waals surface area contributed by atoms with E-state index in [1.807, 2.05) is 31.2 Å². The monoisotopic (exact) mass is 423 g/mol. The van der Waals surface area contributed by atoms with E-state index in [1.54, 1.807) is 25.3 Å². The number of rotatable bonds is 6. The number of nitrogens with zero attached hydrogens (tertiary/aromatic N) is 1. The Labute approximate surface area is 180 Å². The molecule has 7 heteroatoms. The minimum Gasteiger partial charge on any atom is -0.507 e. The molecule has 2 aromatic carbocycles. The summed E-state index contributed by atoms with van der Waals surface area (Å²) >= 11 is 0. The van der Waals surface area contributed by atoms with E-state index in [0.717, 1.165) is 11.1 Å². The molecule has 1 unspecified atom stereocenters. The second-order valence-corrected chi connectivity index (χ2v) is 7.55. The molecular weight excluding hydrogens is 398 g/mol. The standard InChI is InChI=1S/C24H25NO6/c1-15-6-3-4-7-17(15)21-20(23(27)24(28)25(21)10-5-11-29-2)22(26)16-8-9-18-19(14-16)31-13-12-30-18/h3-4,6-9,14,21,26H,5,10-13H2,1-2H3/b22-20+. The van der Waals surface area contributed by atoms with Crippen molar-refractivity contribution in [2.75, 3.05) is 33.5 Å². The number of amides is 1. The van der Waals surface area contributed by atoms with Crippen LogP contribution in [0.15, 0.2) is 48.0 Å². The molecule has 1 N–H and O–H groups in total. The van der Waals surface area contributed by atoms with Crippen LogP contribution in [0, 0.1) is 6.92 Å². The fourth-order valence-electron chi connectivity index (χ4n) is 4.05. The first-order valence-electron chi connectivity index (χ1n) is 10.3. The van der Waals surface area contributed by atoms with Crippen molar-refractivity contribution < 1.29 is 28.9 Å². The molecule has 2 aliphatic heterocycles. The van der Waals surface area contributed by atoms with Crippen LogP contribution < -0.4 is 9.47 Å². The van der Waals surface area contributed by atoms with Gasteiger partial charge in [-0.25, -0.2) is 0 Å². The molecule has 0 spiro atoms. The third-order valence-electron chi connectivity index (χ3n) is 5.59. The second kappa shape index (κ2) is 8.81. The van der Waals surface area contributed by atoms with Gasteiger partial charge in [-0.1, -0.05) is 24.3 Å². The Balaban J connectivity index is 1.82. The Morgan fingerprint density at radius 3 is 2.61 bits per heavy atom. The van der Waals surface area contributed by atoms with Crippen LogP contribution in [0.1, 0.15) is 29.2 Å². The lowest BCUT2D eigenvalue weighted by molar-refractivity contribution is -0.140. The molecule has 2 heterocycles. The van der Waals surface area contributed by atoms with E-state index in [-0.39, 0.29) is 11.3 Å². The number of ether oxygens (including phenoxy) is 3. The van der Waals surface area contributed by atoms with Gasteiger partial charge >= 0.3 is 0 Å². The first-order valence-corrected chi connectivity index (χ1v) is 10.3. The molecule has 1 saturated heterocycles. The number of benzene rings is 2. The number of aryl methyl sites for hydroxylation is 1. The van der Waals surface area contributed by atoms with Gasteiger partial charge in [-0.05, 0) is 42.7 Å². The number of likely N-dealkylation sites (tertiary alicyclic amines) is 1. The van der Waals surface area contributed by atoms with Gasteiger partial charge in [-0.3, -0.25) is 9.59 Å². The van der Waals surface area contributed by atoms with Crippen molar-refractivity contribution in [3.8, 4) is 11.5 Å². The van der Waals surface area contributed by atoms with Crippen LogP contribution in [0.3, 0.4) is 0 Å². The smallest absolute Gasteiger partial charge is 0.295 e. The van der Waals surface area contributed by atoms with Gasteiger partial charge in [0.15, 0.2) is 11.5 Å². The van der Waals surface area contributed by atoms with Gasteiger partial charge in [-0.2, -0.15) is 0 Å². The van der Waals surface area contributed by atoms with Gasteiger partial charge in [0, 0.05) is 25.8 Å². The average Bonchev–Trinajstić information content (AvgIpc) is 3.03. The highest BCUT2D eigenvalue weighted by atomic mass is 16.6. The summed E-state index contributed by atoms with van der Waals surface area (Å²) in [6.07, 6.45) is 0.579. The molecule has 31 heavy (non-hydrogen) atoms. The van der Waals surface area contributed by atoms with Crippen LogP contribution in [0.2, 0.25) is 0 Å². The second-order valence-electron chi connectivity index (χ2n) is 7.55. The number of ketones is 1. The number of fused-ring (bicyclic) bond motifs is 1. The topological polar surface area (TPSA) is 85.3 Å². The zero-order valence-electron chi connectivity index (χ0n) is 17.6. The van der Waals surface area contributed by atoms with E-state index in [2.05, 4.69) is 0 Å². The first kappa shape index (κ1) is 20.9. The van der Waals surface area contributed by atoms with Gasteiger partial charge in [0.2, 0.25) is 0 Å². The maximum absolute atomic E-state index is 13.1. The molecule has 4 rings (SSSR count). The Morgan fingerprint density at radius 1 is 1.13 bits per heavy atom. The fourth-order valence-corrected chi connectivity index (χ4v) is 4.05. The van der Waals surface area contributed by atoms with E-state index >= 15 is 0 Å². The van der Waals surface area contributed by atoms with Crippen molar-refractivity contribution in [3.05, 3.63) is 64.7 Å². The minimum absolute atomic E-state index is 0.0772. The lowest BCUT2D eigenvalue weighted by atomic mass is 9.92. The van der Waals surface area contributed by atoms with Crippen molar-refractivity contribution in [3.63, 3.8) is 0 Å². The molecule has 0 aliphatic carbocycles. The van der Waals surface area contributed by atoms with Crippen molar-refractivity contribution in [2.24, 2.45) is 0 Å². The van der Waals surface area contributed by atoms with Crippen LogP contribution in [0.5, 0.6) is 11.5 Å². The number of hydrogen-bond acceptors (Lipinski definition) is 6. The molecule has 0 bridgehead atoms. The number of hydrogen-bond donors (Lipinski definition) is 1. The molecule has 1 atom stereocenters. The number of carbonyl (C=O) groups excluding carboxylic acids is 2. The first-order chi connectivity index (χ1) is 15.0. The summed E-state index contributed by atoms with van der Waals surface area (Å²) < 4.78 is 16.3. The van der Waals surface area contributed by atoms with Crippen molar-refractivity contribution in [2.45, 2.75) is 19.4 Å². The highest BCUT2D eigenvalue weighted by Gasteiger charge is 2.46. The maximum atomic E-state index is 13.1. The van der Waals surface area contributed by atoms with Gasteiger partial charge in [-0.15, -0.1) is 0 Å². The zero-order valence-corrected chi connectivity index (χ0v) is 17.6. The van der Waals surface area contributed by atoms with Crippen LogP contribution in [-0.4, -0.2) is 55.2 Å². The lowest BCUT2D eigenvalue weighted by Gasteiger charge is -2.26. The largest absolute Gasteiger partial charge is 0.507 e. The summed E-state index contributed by atoms with van der Waals surface area (Å²) in [7, 11) is 1.59. The number of aliphatic hydroxyl groups is 1. The van der Waals surface area contributed by atoms with Gasteiger partial charge in [0.05, 0.1) is 11.6 Å². The van der Waals surface area contributed by atoms with E-state index in [0.29, 0.717) is 49.8 Å². The molecule has 0 aromatic heterocycles. The quantitative estimate of drug-likeness (QED) is 0.332. The molecule has 2 aromatic rings. The zero-order chi connectivity index (χ0) is 22.0. The van der Waals surface area contributed by atoms with Crippen LogP contribution in [0.4, 0.5) is 0 Å². The van der Waals surface area contributed by atoms with Gasteiger partial charge < -0.3 is 24.2 Å². The van der Waals surface area contributed by atoms with E-state index in [4.69, 9.17) is 14.2 Å². The molecule has 7 nitrogen and oxygen atoms in total. The minimum atomic E-state index is -0.696. The molecule has 0 saturated carbocycles. The fraction of sp³-hybridized carbons (Fsp3) is 0.333. The summed E-state index contributed by atoms with van der Waals surface area (Å²) in [5.74, 6) is -0.463. The summed E-state index contributed by atoms with van der Waals surface area (Å²) in [5.41, 5.74) is 2.21. The molecule has 2 aliphatic rings. The normalized spacial score (nSPS) is 19.7. The van der Waals surface area contributed by atoms with Crippen molar-refractivity contribution in [1.29, 1.82) is 0 Å². The van der Waals surface area contributed by atoms with Crippen LogP contribution in [0.25, 0.3) is 5.76 Å². The van der Waals surface area contributed by atoms with E-state index in [1.165, 1.54) is 4.90 Å². The van der Waals surface area contributed by atoms with E-state index in [9.17, 15) is 14.7 Å². The lowest BCUT2D eigenvalue weighted by Crippen LogP contribution is -2.31. The molecule has 1 fully saturated rings. The molecular formula is C24H25NO6. The average molecular weight is 423 g/mol. The third-order valence-corrected chi connectivity index (χ3v) is 5.59. The summed E-state index contributed by atoms with van der Waals surface area (Å²) in [5, 5.41) is 11.2. The number of aliphatic hydroxyl groups excluding tert-OH is 1. The predicted octanol–water partition coefficient (Wildman–Crippen LogP) is 3.22.